The van der Waals surface area contributed by atoms with Gasteiger partial charge in [-0.2, -0.15) is 5.10 Å². The molecule has 0 unspecified atom stereocenters. The van der Waals surface area contributed by atoms with Crippen LogP contribution in [0.25, 0.3) is 0 Å². The third-order valence-electron chi connectivity index (χ3n) is 2.52. The van der Waals surface area contributed by atoms with E-state index in [-0.39, 0.29) is 18.7 Å². The van der Waals surface area contributed by atoms with Crippen LogP contribution in [0.1, 0.15) is 11.4 Å². The van der Waals surface area contributed by atoms with Crippen molar-refractivity contribution in [3.8, 4) is 0 Å². The fraction of sp³-hybridized carbons (Fsp3) is 0.273. The number of imidazole rings is 1. The predicted octanol–water partition coefficient (Wildman–Crippen LogP) is -0.513. The van der Waals surface area contributed by atoms with Crippen LogP contribution in [0.2, 0.25) is 0 Å². The fourth-order valence-electron chi connectivity index (χ4n) is 1.62. The van der Waals surface area contributed by atoms with Gasteiger partial charge in [0.1, 0.15) is 6.04 Å². The summed E-state index contributed by atoms with van der Waals surface area (Å²) in [6.45, 7) is 0. The molecule has 8 nitrogen and oxygen atoms in total. The number of carboxylic acids is 1. The molecular formula is C11H13N5O3. The van der Waals surface area contributed by atoms with E-state index in [1.807, 2.05) is 0 Å². The third-order valence-corrected chi connectivity index (χ3v) is 2.52. The minimum Gasteiger partial charge on any atom is -0.480 e. The van der Waals surface area contributed by atoms with Crippen LogP contribution in [0.15, 0.2) is 24.8 Å². The molecule has 0 fully saturated rings. The number of hydrogen-bond acceptors (Lipinski definition) is 4. The molecule has 1 atom stereocenters. The van der Waals surface area contributed by atoms with Crippen molar-refractivity contribution in [3.63, 3.8) is 0 Å². The lowest BCUT2D eigenvalue weighted by atomic mass is 10.1. The van der Waals surface area contributed by atoms with Gasteiger partial charge in [-0.1, -0.05) is 0 Å². The molecule has 2 rings (SSSR count). The Morgan fingerprint density at radius 2 is 2.26 bits per heavy atom. The van der Waals surface area contributed by atoms with Crippen molar-refractivity contribution in [2.45, 2.75) is 18.9 Å². The SMILES string of the molecule is O=C(Cc1ccn[nH]1)N[C@H](Cc1cnc[nH]1)C(=O)O. The largest absolute Gasteiger partial charge is 0.480 e. The molecule has 8 heteroatoms. The molecule has 4 N–H and O–H groups in total. The number of nitrogens with zero attached hydrogens (tertiary/aromatic N) is 2. The van der Waals surface area contributed by atoms with E-state index in [1.165, 1.54) is 18.7 Å². The van der Waals surface area contributed by atoms with E-state index in [9.17, 15) is 9.59 Å². The molecule has 0 saturated heterocycles. The first kappa shape index (κ1) is 12.8. The second kappa shape index (κ2) is 5.80. The number of carbonyl (C=O) groups is 2. The number of amides is 1. The molecule has 2 aromatic heterocycles. The maximum atomic E-state index is 11.7. The Bertz CT molecular complexity index is 535. The number of aliphatic carboxylic acids is 1. The zero-order valence-corrected chi connectivity index (χ0v) is 9.96. The molecule has 0 aliphatic carbocycles. The minimum absolute atomic E-state index is 0.0623. The molecule has 0 aromatic carbocycles. The van der Waals surface area contributed by atoms with Gasteiger partial charge in [0, 0.05) is 30.2 Å². The quantitative estimate of drug-likeness (QED) is 0.558. The maximum Gasteiger partial charge on any atom is 0.326 e. The van der Waals surface area contributed by atoms with Crippen LogP contribution in [0.4, 0.5) is 0 Å². The van der Waals surface area contributed by atoms with Gasteiger partial charge in [0.25, 0.3) is 0 Å². The highest BCUT2D eigenvalue weighted by Gasteiger charge is 2.21. The number of carboxylic acid groups (broad SMARTS) is 1. The molecule has 0 spiro atoms. The lowest BCUT2D eigenvalue weighted by molar-refractivity contribution is -0.141. The highest BCUT2D eigenvalue weighted by Crippen LogP contribution is 2.00. The predicted molar refractivity (Wildman–Crippen MR) is 64.1 cm³/mol. The van der Waals surface area contributed by atoms with Crippen LogP contribution in [0, 0.1) is 0 Å². The molecule has 0 saturated carbocycles. The van der Waals surface area contributed by atoms with Crippen molar-refractivity contribution in [3.05, 3.63) is 36.2 Å². The second-order valence-corrected chi connectivity index (χ2v) is 4.00. The number of hydrogen-bond donors (Lipinski definition) is 4. The van der Waals surface area contributed by atoms with Gasteiger partial charge >= 0.3 is 5.97 Å². The second-order valence-electron chi connectivity index (χ2n) is 4.00. The number of aromatic amines is 2. The Balaban J connectivity index is 1.93. The topological polar surface area (TPSA) is 124 Å². The average Bonchev–Trinajstić information content (AvgIpc) is 3.00. The summed E-state index contributed by atoms with van der Waals surface area (Å²) in [7, 11) is 0. The maximum absolute atomic E-state index is 11.7. The molecule has 0 aliphatic rings. The molecule has 0 bridgehead atoms. The summed E-state index contributed by atoms with van der Waals surface area (Å²) in [5.41, 5.74) is 1.28. The first-order valence-electron chi connectivity index (χ1n) is 5.63. The Kier molecular flexibility index (Phi) is 3.91. The summed E-state index contributed by atoms with van der Waals surface area (Å²) in [4.78, 5) is 29.4. The number of carbonyl (C=O) groups excluding carboxylic acids is 1. The van der Waals surface area contributed by atoms with Crippen LogP contribution in [0.3, 0.4) is 0 Å². The number of nitrogens with one attached hydrogen (secondary N) is 3. The molecule has 0 radical (unpaired) electrons. The number of H-pyrrole nitrogens is 2. The molecule has 2 heterocycles. The van der Waals surface area contributed by atoms with Crippen molar-refractivity contribution in [2.24, 2.45) is 0 Å². The molecule has 19 heavy (non-hydrogen) atoms. The Morgan fingerprint density at radius 3 is 2.84 bits per heavy atom. The van der Waals surface area contributed by atoms with Gasteiger partial charge in [0.05, 0.1) is 12.7 Å². The van der Waals surface area contributed by atoms with Crippen molar-refractivity contribution < 1.29 is 14.7 Å². The summed E-state index contributed by atoms with van der Waals surface area (Å²) in [6.07, 6.45) is 4.73. The van der Waals surface area contributed by atoms with Crippen molar-refractivity contribution in [1.82, 2.24) is 25.5 Å². The minimum atomic E-state index is -1.09. The van der Waals surface area contributed by atoms with Gasteiger partial charge in [-0.3, -0.25) is 9.89 Å². The lowest BCUT2D eigenvalue weighted by Gasteiger charge is -2.13. The summed E-state index contributed by atoms with van der Waals surface area (Å²) in [5, 5.41) is 17.9. The molecular weight excluding hydrogens is 250 g/mol. The zero-order valence-electron chi connectivity index (χ0n) is 9.96. The lowest BCUT2D eigenvalue weighted by Crippen LogP contribution is -2.43. The van der Waals surface area contributed by atoms with E-state index in [2.05, 4.69) is 25.5 Å². The Morgan fingerprint density at radius 1 is 1.42 bits per heavy atom. The summed E-state index contributed by atoms with van der Waals surface area (Å²) in [6, 6.07) is 0.667. The van der Waals surface area contributed by atoms with E-state index in [1.54, 1.807) is 6.07 Å². The van der Waals surface area contributed by atoms with Crippen LogP contribution < -0.4 is 5.32 Å². The average molecular weight is 263 g/mol. The molecule has 0 aliphatic heterocycles. The summed E-state index contributed by atoms with van der Waals surface area (Å²) >= 11 is 0. The van der Waals surface area contributed by atoms with Crippen molar-refractivity contribution in [2.75, 3.05) is 0 Å². The number of aromatic nitrogens is 4. The first-order valence-corrected chi connectivity index (χ1v) is 5.63. The van der Waals surface area contributed by atoms with Crippen LogP contribution in [-0.4, -0.2) is 43.2 Å². The van der Waals surface area contributed by atoms with Crippen LogP contribution >= 0.6 is 0 Å². The highest BCUT2D eigenvalue weighted by atomic mass is 16.4. The molecule has 100 valence electrons. The molecule has 1 amide bonds. The normalized spacial score (nSPS) is 12.0. The van der Waals surface area contributed by atoms with Gasteiger partial charge < -0.3 is 15.4 Å². The Labute approximate surface area is 108 Å². The zero-order chi connectivity index (χ0) is 13.7. The van der Waals surface area contributed by atoms with Gasteiger partial charge in [0.2, 0.25) is 5.91 Å². The van der Waals surface area contributed by atoms with E-state index in [0.717, 1.165) is 0 Å². The van der Waals surface area contributed by atoms with E-state index >= 15 is 0 Å². The summed E-state index contributed by atoms with van der Waals surface area (Å²) < 4.78 is 0. The van der Waals surface area contributed by atoms with Crippen LogP contribution in [-0.2, 0) is 22.4 Å². The van der Waals surface area contributed by atoms with Crippen molar-refractivity contribution >= 4 is 11.9 Å². The smallest absolute Gasteiger partial charge is 0.326 e. The van der Waals surface area contributed by atoms with E-state index in [0.29, 0.717) is 11.4 Å². The Hall–Kier alpha value is -2.64. The third kappa shape index (κ3) is 3.66. The standard InChI is InChI=1S/C11H13N5O3/c17-10(4-7-1-2-14-16-7)15-9(11(18)19)3-8-5-12-6-13-8/h1-2,5-6,9H,3-4H2,(H,12,13)(H,14,16)(H,15,17)(H,18,19)/t9-/m1/s1. The van der Waals surface area contributed by atoms with Crippen LogP contribution in [0.5, 0.6) is 0 Å². The van der Waals surface area contributed by atoms with E-state index in [4.69, 9.17) is 5.11 Å². The highest BCUT2D eigenvalue weighted by molar-refractivity contribution is 5.84. The van der Waals surface area contributed by atoms with Gasteiger partial charge in [-0.05, 0) is 6.07 Å². The summed E-state index contributed by atoms with van der Waals surface area (Å²) in [5.74, 6) is -1.47. The van der Waals surface area contributed by atoms with Gasteiger partial charge in [-0.25, -0.2) is 9.78 Å². The monoisotopic (exact) mass is 263 g/mol. The first-order chi connectivity index (χ1) is 9.15. The molecule has 2 aromatic rings. The van der Waals surface area contributed by atoms with Gasteiger partial charge in [0.15, 0.2) is 0 Å². The fourth-order valence-corrected chi connectivity index (χ4v) is 1.62. The van der Waals surface area contributed by atoms with Crippen molar-refractivity contribution in [1.29, 1.82) is 0 Å². The van der Waals surface area contributed by atoms with E-state index < -0.39 is 12.0 Å². The number of rotatable bonds is 6. The van der Waals surface area contributed by atoms with Gasteiger partial charge in [-0.15, -0.1) is 0 Å².